The van der Waals surface area contributed by atoms with Gasteiger partial charge in [0, 0.05) is 5.92 Å². The Kier molecular flexibility index (Phi) is 2.60. The van der Waals surface area contributed by atoms with Crippen LogP contribution in [-0.2, 0) is 9.84 Å². The maximum atomic E-state index is 11.3. The van der Waals surface area contributed by atoms with Crippen molar-refractivity contribution in [2.24, 2.45) is 5.92 Å². The van der Waals surface area contributed by atoms with E-state index in [4.69, 9.17) is 0 Å². The summed E-state index contributed by atoms with van der Waals surface area (Å²) >= 11 is 0. The molecule has 0 aromatic heterocycles. The molecule has 1 unspecified atom stereocenters. The zero-order chi connectivity index (χ0) is 10.2. The molecule has 0 radical (unpaired) electrons. The summed E-state index contributed by atoms with van der Waals surface area (Å²) in [5.74, 6) is 0.497. The maximum absolute atomic E-state index is 11.3. The molecule has 1 aliphatic heterocycles. The van der Waals surface area contributed by atoms with Crippen LogP contribution in [0.15, 0.2) is 0 Å². The lowest BCUT2D eigenvalue weighted by atomic mass is 9.75. The molecule has 0 bridgehead atoms. The molecule has 1 heterocycles. The van der Waals surface area contributed by atoms with Gasteiger partial charge in [-0.25, -0.2) is 8.42 Å². The number of hydrogen-bond donors (Lipinski definition) is 1. The Morgan fingerprint density at radius 2 is 1.79 bits per heavy atom. The van der Waals surface area contributed by atoms with Crippen LogP contribution in [0.4, 0.5) is 0 Å². The van der Waals surface area contributed by atoms with Crippen molar-refractivity contribution in [3.63, 3.8) is 0 Å². The van der Waals surface area contributed by atoms with E-state index in [2.05, 4.69) is 0 Å². The van der Waals surface area contributed by atoms with Gasteiger partial charge in [-0.3, -0.25) is 0 Å². The van der Waals surface area contributed by atoms with Crippen LogP contribution in [0.1, 0.15) is 38.5 Å². The highest BCUT2D eigenvalue weighted by Gasteiger charge is 2.43. The fourth-order valence-corrected chi connectivity index (χ4v) is 4.69. The molecule has 14 heavy (non-hydrogen) atoms. The highest BCUT2D eigenvalue weighted by Crippen LogP contribution is 2.39. The van der Waals surface area contributed by atoms with Gasteiger partial charge in [0.15, 0.2) is 9.84 Å². The van der Waals surface area contributed by atoms with Gasteiger partial charge in [-0.05, 0) is 19.3 Å². The van der Waals surface area contributed by atoms with Gasteiger partial charge in [0.2, 0.25) is 0 Å². The summed E-state index contributed by atoms with van der Waals surface area (Å²) in [7, 11) is -2.84. The number of rotatable bonds is 1. The summed E-state index contributed by atoms with van der Waals surface area (Å²) in [6.07, 6.45) is 5.54. The fourth-order valence-electron chi connectivity index (χ4n) is 2.79. The Morgan fingerprint density at radius 3 is 2.29 bits per heavy atom. The number of sulfone groups is 1. The van der Waals surface area contributed by atoms with Crippen molar-refractivity contribution in [3.8, 4) is 0 Å². The highest BCUT2D eigenvalue weighted by atomic mass is 32.2. The molecule has 0 aromatic carbocycles. The van der Waals surface area contributed by atoms with Crippen LogP contribution in [0.3, 0.4) is 0 Å². The first kappa shape index (κ1) is 10.4. The van der Waals surface area contributed by atoms with Crippen LogP contribution in [0.25, 0.3) is 0 Å². The van der Waals surface area contributed by atoms with Crippen LogP contribution < -0.4 is 0 Å². The molecule has 1 saturated carbocycles. The molecular weight excluding hydrogens is 200 g/mol. The Bertz CT molecular complexity index is 301. The van der Waals surface area contributed by atoms with Crippen molar-refractivity contribution < 1.29 is 13.5 Å². The Hall–Kier alpha value is -0.0900. The molecule has 4 heteroatoms. The summed E-state index contributed by atoms with van der Waals surface area (Å²) < 4.78 is 22.6. The lowest BCUT2D eigenvalue weighted by molar-refractivity contribution is -0.0404. The van der Waals surface area contributed by atoms with E-state index in [1.165, 1.54) is 6.42 Å². The molecule has 2 rings (SSSR count). The molecule has 1 saturated heterocycles. The van der Waals surface area contributed by atoms with Crippen molar-refractivity contribution in [2.75, 3.05) is 11.5 Å². The van der Waals surface area contributed by atoms with Gasteiger partial charge in [0.25, 0.3) is 0 Å². The molecule has 1 atom stereocenters. The maximum Gasteiger partial charge on any atom is 0.150 e. The minimum Gasteiger partial charge on any atom is -0.390 e. The zero-order valence-corrected chi connectivity index (χ0v) is 9.22. The van der Waals surface area contributed by atoms with Gasteiger partial charge < -0.3 is 5.11 Å². The van der Waals surface area contributed by atoms with Crippen LogP contribution in [0.5, 0.6) is 0 Å². The van der Waals surface area contributed by atoms with Crippen LogP contribution in [-0.4, -0.2) is 30.6 Å². The van der Waals surface area contributed by atoms with Crippen molar-refractivity contribution in [1.82, 2.24) is 0 Å². The molecule has 0 spiro atoms. The average molecular weight is 218 g/mol. The molecule has 2 fully saturated rings. The standard InChI is InChI=1S/C10H18O3S/c11-10(5-2-1-3-6-10)9-4-7-14(12,13)8-9/h9,11H,1-8H2. The van der Waals surface area contributed by atoms with Gasteiger partial charge in [-0.15, -0.1) is 0 Å². The van der Waals surface area contributed by atoms with Crippen molar-refractivity contribution in [2.45, 2.75) is 44.1 Å². The minimum absolute atomic E-state index is 0.00722. The number of hydrogen-bond acceptors (Lipinski definition) is 3. The smallest absolute Gasteiger partial charge is 0.150 e. The molecular formula is C10H18O3S. The Balaban J connectivity index is 2.08. The summed E-state index contributed by atoms with van der Waals surface area (Å²) in [5, 5.41) is 10.3. The highest BCUT2D eigenvalue weighted by molar-refractivity contribution is 7.91. The van der Waals surface area contributed by atoms with Crippen molar-refractivity contribution >= 4 is 9.84 Å². The Labute approximate surface area is 85.4 Å². The van der Waals surface area contributed by atoms with Gasteiger partial charge in [-0.1, -0.05) is 19.3 Å². The van der Waals surface area contributed by atoms with E-state index in [1.807, 2.05) is 0 Å². The first-order valence-corrected chi connectivity index (χ1v) is 7.27. The van der Waals surface area contributed by atoms with E-state index in [0.717, 1.165) is 25.7 Å². The van der Waals surface area contributed by atoms with E-state index in [1.54, 1.807) is 0 Å². The minimum atomic E-state index is -2.84. The van der Waals surface area contributed by atoms with E-state index in [0.29, 0.717) is 6.42 Å². The molecule has 3 nitrogen and oxygen atoms in total. The third kappa shape index (κ3) is 1.96. The fraction of sp³-hybridized carbons (Fsp3) is 1.00. The predicted octanol–water partition coefficient (Wildman–Crippen LogP) is 1.12. The van der Waals surface area contributed by atoms with Crippen molar-refractivity contribution in [1.29, 1.82) is 0 Å². The summed E-state index contributed by atoms with van der Waals surface area (Å²) in [6, 6.07) is 0. The Morgan fingerprint density at radius 1 is 1.14 bits per heavy atom. The largest absolute Gasteiger partial charge is 0.390 e. The first-order valence-electron chi connectivity index (χ1n) is 5.45. The first-order chi connectivity index (χ1) is 6.52. The molecule has 82 valence electrons. The van der Waals surface area contributed by atoms with E-state index >= 15 is 0 Å². The SMILES string of the molecule is O=S1(=O)CCC(C2(O)CCCCC2)C1. The van der Waals surface area contributed by atoms with Gasteiger partial charge in [0.05, 0.1) is 17.1 Å². The average Bonchev–Trinajstić information content (AvgIpc) is 2.48. The summed E-state index contributed by atoms with van der Waals surface area (Å²) in [4.78, 5) is 0. The topological polar surface area (TPSA) is 54.4 Å². The van der Waals surface area contributed by atoms with Crippen molar-refractivity contribution in [3.05, 3.63) is 0 Å². The van der Waals surface area contributed by atoms with Gasteiger partial charge in [0.1, 0.15) is 0 Å². The van der Waals surface area contributed by atoms with Crippen LogP contribution >= 0.6 is 0 Å². The number of aliphatic hydroxyl groups is 1. The summed E-state index contributed by atoms with van der Waals surface area (Å²) in [5.41, 5.74) is -0.665. The third-order valence-electron chi connectivity index (χ3n) is 3.71. The second-order valence-electron chi connectivity index (χ2n) is 4.76. The lowest BCUT2D eigenvalue weighted by Gasteiger charge is -2.36. The van der Waals surface area contributed by atoms with Crippen LogP contribution in [0, 0.1) is 5.92 Å². The second kappa shape index (κ2) is 3.49. The monoisotopic (exact) mass is 218 g/mol. The lowest BCUT2D eigenvalue weighted by Crippen LogP contribution is -2.40. The molecule has 2 aliphatic rings. The summed E-state index contributed by atoms with van der Waals surface area (Å²) in [6.45, 7) is 0. The third-order valence-corrected chi connectivity index (χ3v) is 5.48. The molecule has 0 amide bonds. The molecule has 1 N–H and O–H groups in total. The van der Waals surface area contributed by atoms with Gasteiger partial charge in [-0.2, -0.15) is 0 Å². The van der Waals surface area contributed by atoms with Crippen LogP contribution in [0.2, 0.25) is 0 Å². The normalized spacial score (nSPS) is 35.6. The predicted molar refractivity (Wildman–Crippen MR) is 54.8 cm³/mol. The van der Waals surface area contributed by atoms with E-state index < -0.39 is 15.4 Å². The molecule has 0 aromatic rings. The zero-order valence-electron chi connectivity index (χ0n) is 8.41. The molecule has 1 aliphatic carbocycles. The second-order valence-corrected chi connectivity index (χ2v) is 6.99. The van der Waals surface area contributed by atoms with E-state index in [9.17, 15) is 13.5 Å². The quantitative estimate of drug-likeness (QED) is 0.717. The van der Waals surface area contributed by atoms with Gasteiger partial charge >= 0.3 is 0 Å². The van der Waals surface area contributed by atoms with E-state index in [-0.39, 0.29) is 17.4 Å².